The van der Waals surface area contributed by atoms with Gasteiger partial charge in [0.1, 0.15) is 0 Å². The molecular weight excluding hydrogens is 260 g/mol. The van der Waals surface area contributed by atoms with Gasteiger partial charge in [-0.15, -0.1) is 0 Å². The Morgan fingerprint density at radius 2 is 1.62 bits per heavy atom. The van der Waals surface area contributed by atoms with Gasteiger partial charge in [0.15, 0.2) is 0 Å². The standard InChI is InChI=1S/C18H34N2O/c1-12-6-11-16(13(2)19-12)20-17(21)14-7-9-15(10-8-14)18(3,4)5/h12-16,19H,6-11H2,1-5H3,(H,20,21). The predicted octanol–water partition coefficient (Wildman–Crippen LogP) is 3.48. The average molecular weight is 294 g/mol. The lowest BCUT2D eigenvalue weighted by Gasteiger charge is -2.38. The fourth-order valence-corrected chi connectivity index (χ4v) is 4.05. The van der Waals surface area contributed by atoms with E-state index in [0.717, 1.165) is 31.6 Å². The van der Waals surface area contributed by atoms with Gasteiger partial charge in [-0.2, -0.15) is 0 Å². The Kier molecular flexibility index (Phi) is 5.34. The number of carbonyl (C=O) groups is 1. The highest BCUT2D eigenvalue weighted by atomic mass is 16.1. The van der Waals surface area contributed by atoms with Gasteiger partial charge in [-0.05, 0) is 63.7 Å². The summed E-state index contributed by atoms with van der Waals surface area (Å²) >= 11 is 0. The van der Waals surface area contributed by atoms with Crippen molar-refractivity contribution in [3.8, 4) is 0 Å². The zero-order chi connectivity index (χ0) is 15.6. The SMILES string of the molecule is CC1CCC(NC(=O)C2CCC(C(C)(C)C)CC2)C(C)N1. The number of carbonyl (C=O) groups excluding carboxylic acids is 1. The van der Waals surface area contributed by atoms with Gasteiger partial charge in [0.05, 0.1) is 0 Å². The number of hydrogen-bond donors (Lipinski definition) is 2. The van der Waals surface area contributed by atoms with E-state index in [4.69, 9.17) is 0 Å². The van der Waals surface area contributed by atoms with Crippen molar-refractivity contribution < 1.29 is 4.79 Å². The minimum atomic E-state index is 0.246. The molecule has 122 valence electrons. The van der Waals surface area contributed by atoms with Crippen molar-refractivity contribution in [3.63, 3.8) is 0 Å². The molecule has 3 atom stereocenters. The first-order valence-corrected chi connectivity index (χ1v) is 8.84. The first-order chi connectivity index (χ1) is 9.77. The van der Waals surface area contributed by atoms with Crippen LogP contribution in [0.5, 0.6) is 0 Å². The molecule has 0 bridgehead atoms. The lowest BCUT2D eigenvalue weighted by atomic mass is 9.69. The first-order valence-electron chi connectivity index (χ1n) is 8.84. The van der Waals surface area contributed by atoms with E-state index >= 15 is 0 Å². The third-order valence-corrected chi connectivity index (χ3v) is 5.71. The molecule has 2 aliphatic rings. The van der Waals surface area contributed by atoms with Gasteiger partial charge in [-0.25, -0.2) is 0 Å². The van der Waals surface area contributed by atoms with E-state index in [2.05, 4.69) is 45.3 Å². The van der Waals surface area contributed by atoms with Gasteiger partial charge in [-0.3, -0.25) is 4.79 Å². The molecule has 0 aromatic carbocycles. The van der Waals surface area contributed by atoms with Crippen molar-refractivity contribution in [2.24, 2.45) is 17.3 Å². The molecule has 3 nitrogen and oxygen atoms in total. The summed E-state index contributed by atoms with van der Waals surface area (Å²) in [6.07, 6.45) is 6.82. The van der Waals surface area contributed by atoms with Crippen LogP contribution in [0.2, 0.25) is 0 Å². The average Bonchev–Trinajstić information content (AvgIpc) is 2.41. The van der Waals surface area contributed by atoms with Crippen LogP contribution in [0.3, 0.4) is 0 Å². The molecule has 0 radical (unpaired) electrons. The van der Waals surface area contributed by atoms with Crippen LogP contribution in [0.15, 0.2) is 0 Å². The van der Waals surface area contributed by atoms with Crippen molar-refractivity contribution in [3.05, 3.63) is 0 Å². The first kappa shape index (κ1) is 16.8. The number of piperidine rings is 1. The molecule has 2 fully saturated rings. The Bertz CT molecular complexity index is 353. The maximum absolute atomic E-state index is 12.5. The molecule has 1 heterocycles. The van der Waals surface area contributed by atoms with Crippen LogP contribution >= 0.6 is 0 Å². The van der Waals surface area contributed by atoms with Crippen LogP contribution in [0.25, 0.3) is 0 Å². The molecule has 1 amide bonds. The number of nitrogens with one attached hydrogen (secondary N) is 2. The number of amides is 1. The van der Waals surface area contributed by atoms with Gasteiger partial charge in [0.2, 0.25) is 5.91 Å². The summed E-state index contributed by atoms with van der Waals surface area (Å²) in [6.45, 7) is 11.4. The Balaban J connectivity index is 1.80. The van der Waals surface area contributed by atoms with Crippen molar-refractivity contribution >= 4 is 5.91 Å². The van der Waals surface area contributed by atoms with Crippen LogP contribution < -0.4 is 10.6 Å². The molecule has 0 aromatic rings. The van der Waals surface area contributed by atoms with Crippen molar-refractivity contribution in [2.75, 3.05) is 0 Å². The summed E-state index contributed by atoms with van der Waals surface area (Å²) < 4.78 is 0. The van der Waals surface area contributed by atoms with Gasteiger partial charge < -0.3 is 10.6 Å². The Labute approximate surface area is 130 Å². The zero-order valence-electron chi connectivity index (χ0n) is 14.5. The maximum atomic E-state index is 12.5. The van der Waals surface area contributed by atoms with Crippen LogP contribution in [0.1, 0.15) is 73.1 Å². The summed E-state index contributed by atoms with van der Waals surface area (Å²) in [6, 6.07) is 1.29. The molecule has 0 aromatic heterocycles. The third kappa shape index (κ3) is 4.45. The largest absolute Gasteiger partial charge is 0.352 e. The van der Waals surface area contributed by atoms with Gasteiger partial charge >= 0.3 is 0 Å². The van der Waals surface area contributed by atoms with Gasteiger partial charge in [0, 0.05) is 24.0 Å². The van der Waals surface area contributed by atoms with E-state index in [1.165, 1.54) is 12.8 Å². The molecule has 3 heteroatoms. The monoisotopic (exact) mass is 294 g/mol. The Morgan fingerprint density at radius 1 is 1.00 bits per heavy atom. The Hall–Kier alpha value is -0.570. The van der Waals surface area contributed by atoms with Crippen LogP contribution in [0.4, 0.5) is 0 Å². The second kappa shape index (κ2) is 6.68. The third-order valence-electron chi connectivity index (χ3n) is 5.71. The molecule has 1 saturated carbocycles. The lowest BCUT2D eigenvalue weighted by Crippen LogP contribution is -2.55. The molecule has 1 saturated heterocycles. The molecule has 0 spiro atoms. The van der Waals surface area contributed by atoms with Crippen LogP contribution in [0, 0.1) is 17.3 Å². The summed E-state index contributed by atoms with van der Waals surface area (Å²) in [7, 11) is 0. The summed E-state index contributed by atoms with van der Waals surface area (Å²) in [5.41, 5.74) is 0.388. The molecule has 21 heavy (non-hydrogen) atoms. The summed E-state index contributed by atoms with van der Waals surface area (Å²) in [5, 5.41) is 6.86. The van der Waals surface area contributed by atoms with E-state index < -0.39 is 0 Å². The van der Waals surface area contributed by atoms with E-state index in [0.29, 0.717) is 29.4 Å². The molecule has 2 rings (SSSR count). The van der Waals surface area contributed by atoms with Crippen molar-refractivity contribution in [1.29, 1.82) is 0 Å². The van der Waals surface area contributed by atoms with Crippen LogP contribution in [-0.2, 0) is 4.79 Å². The van der Waals surface area contributed by atoms with Gasteiger partial charge in [-0.1, -0.05) is 20.8 Å². The second-order valence-corrected chi connectivity index (χ2v) is 8.46. The van der Waals surface area contributed by atoms with E-state index in [1.54, 1.807) is 0 Å². The van der Waals surface area contributed by atoms with Crippen molar-refractivity contribution in [1.82, 2.24) is 10.6 Å². The molecule has 1 aliphatic carbocycles. The molecule has 2 N–H and O–H groups in total. The summed E-state index contributed by atoms with van der Waals surface area (Å²) in [4.78, 5) is 12.5. The smallest absolute Gasteiger partial charge is 0.223 e. The fourth-order valence-electron chi connectivity index (χ4n) is 4.05. The minimum absolute atomic E-state index is 0.246. The number of hydrogen-bond acceptors (Lipinski definition) is 2. The second-order valence-electron chi connectivity index (χ2n) is 8.46. The molecule has 3 unspecified atom stereocenters. The lowest BCUT2D eigenvalue weighted by molar-refractivity contribution is -0.127. The highest BCUT2D eigenvalue weighted by Gasteiger charge is 2.34. The Morgan fingerprint density at radius 3 is 2.14 bits per heavy atom. The van der Waals surface area contributed by atoms with E-state index in [1.807, 2.05) is 0 Å². The highest BCUT2D eigenvalue weighted by molar-refractivity contribution is 5.79. The quantitative estimate of drug-likeness (QED) is 0.818. The molecular formula is C18H34N2O. The topological polar surface area (TPSA) is 41.1 Å². The molecule has 1 aliphatic heterocycles. The van der Waals surface area contributed by atoms with E-state index in [-0.39, 0.29) is 5.92 Å². The highest BCUT2D eigenvalue weighted by Crippen LogP contribution is 2.39. The van der Waals surface area contributed by atoms with Crippen LogP contribution in [-0.4, -0.2) is 24.0 Å². The van der Waals surface area contributed by atoms with Gasteiger partial charge in [0.25, 0.3) is 0 Å². The predicted molar refractivity (Wildman–Crippen MR) is 88.1 cm³/mol. The maximum Gasteiger partial charge on any atom is 0.223 e. The summed E-state index contributed by atoms with van der Waals surface area (Å²) in [5.74, 6) is 1.32. The fraction of sp³-hybridized carbons (Fsp3) is 0.944. The number of rotatable bonds is 2. The zero-order valence-corrected chi connectivity index (χ0v) is 14.5. The van der Waals surface area contributed by atoms with E-state index in [9.17, 15) is 4.79 Å². The normalized spacial score (nSPS) is 38.0. The minimum Gasteiger partial charge on any atom is -0.352 e. The van der Waals surface area contributed by atoms with Crippen molar-refractivity contribution in [2.45, 2.75) is 91.3 Å².